The van der Waals surface area contributed by atoms with Gasteiger partial charge in [0.2, 0.25) is 0 Å². The molecule has 0 aromatic heterocycles. The first kappa shape index (κ1) is 10.1. The van der Waals surface area contributed by atoms with Gasteiger partial charge in [-0.1, -0.05) is 33.6 Å². The lowest BCUT2D eigenvalue weighted by Gasteiger charge is -2.05. The van der Waals surface area contributed by atoms with Gasteiger partial charge in [-0.25, -0.2) is 0 Å². The van der Waals surface area contributed by atoms with Gasteiger partial charge in [0.25, 0.3) is 0 Å². The first-order valence-electron chi connectivity index (χ1n) is 5.54. The summed E-state index contributed by atoms with van der Waals surface area (Å²) in [6, 6.07) is 11.1. The van der Waals surface area contributed by atoms with Gasteiger partial charge in [-0.05, 0) is 65.9 Å². The Labute approximate surface area is 104 Å². The molecule has 1 heteroatoms. The van der Waals surface area contributed by atoms with Crippen LogP contribution in [0.4, 0.5) is 0 Å². The summed E-state index contributed by atoms with van der Waals surface area (Å²) in [4.78, 5) is 0. The molecule has 0 aliphatic heterocycles. The summed E-state index contributed by atoms with van der Waals surface area (Å²) >= 11 is 3.53. The zero-order valence-electron chi connectivity index (χ0n) is 9.47. The molecular formula is C15H13Br. The molecule has 0 bridgehead atoms. The highest BCUT2D eigenvalue weighted by Crippen LogP contribution is 2.35. The van der Waals surface area contributed by atoms with Crippen molar-refractivity contribution >= 4 is 32.3 Å². The summed E-state index contributed by atoms with van der Waals surface area (Å²) < 4.78 is 1.15. The van der Waals surface area contributed by atoms with Gasteiger partial charge in [-0.2, -0.15) is 0 Å². The van der Waals surface area contributed by atoms with Crippen molar-refractivity contribution in [1.82, 2.24) is 0 Å². The molecular weight excluding hydrogens is 260 g/mol. The first-order chi connectivity index (χ1) is 7.65. The standard InChI is InChI=1S/C15H13Br/c1-9-5-13-6-11-3-4-14(16)7-12(11)8-15(13)10(9)2/h3-4,6-8H,5H2,1-2H3. The molecule has 0 amide bonds. The highest BCUT2D eigenvalue weighted by molar-refractivity contribution is 9.10. The summed E-state index contributed by atoms with van der Waals surface area (Å²) in [5.41, 5.74) is 5.87. The lowest BCUT2D eigenvalue weighted by Crippen LogP contribution is -1.84. The van der Waals surface area contributed by atoms with Gasteiger partial charge >= 0.3 is 0 Å². The van der Waals surface area contributed by atoms with Crippen LogP contribution < -0.4 is 0 Å². The minimum atomic E-state index is 1.12. The number of hydrogen-bond acceptors (Lipinski definition) is 0. The molecule has 0 N–H and O–H groups in total. The second kappa shape index (κ2) is 3.46. The fourth-order valence-corrected chi connectivity index (χ4v) is 2.84. The molecule has 0 radical (unpaired) electrons. The van der Waals surface area contributed by atoms with Crippen molar-refractivity contribution < 1.29 is 0 Å². The molecule has 0 nitrogen and oxygen atoms in total. The molecule has 16 heavy (non-hydrogen) atoms. The highest BCUT2D eigenvalue weighted by Gasteiger charge is 2.15. The Kier molecular flexibility index (Phi) is 2.18. The third-order valence-corrected chi connectivity index (χ3v) is 4.02. The normalized spacial score (nSPS) is 14.7. The van der Waals surface area contributed by atoms with Crippen LogP contribution in [0.3, 0.4) is 0 Å². The zero-order valence-corrected chi connectivity index (χ0v) is 11.1. The molecule has 0 unspecified atom stereocenters. The van der Waals surface area contributed by atoms with Gasteiger partial charge in [0, 0.05) is 4.47 Å². The van der Waals surface area contributed by atoms with Crippen molar-refractivity contribution in [2.24, 2.45) is 0 Å². The van der Waals surface area contributed by atoms with E-state index in [2.05, 4.69) is 60.1 Å². The summed E-state index contributed by atoms with van der Waals surface area (Å²) in [7, 11) is 0. The van der Waals surface area contributed by atoms with E-state index in [1.807, 2.05) is 0 Å². The van der Waals surface area contributed by atoms with Crippen LogP contribution in [0.1, 0.15) is 25.0 Å². The average molecular weight is 273 g/mol. The predicted molar refractivity (Wildman–Crippen MR) is 73.6 cm³/mol. The van der Waals surface area contributed by atoms with E-state index in [-0.39, 0.29) is 0 Å². The van der Waals surface area contributed by atoms with Gasteiger partial charge in [-0.3, -0.25) is 0 Å². The predicted octanol–water partition coefficient (Wildman–Crippen LogP) is 4.95. The molecule has 2 aromatic carbocycles. The lowest BCUT2D eigenvalue weighted by molar-refractivity contribution is 1.20. The molecule has 2 aromatic rings. The van der Waals surface area contributed by atoms with Gasteiger partial charge < -0.3 is 0 Å². The van der Waals surface area contributed by atoms with E-state index >= 15 is 0 Å². The first-order valence-corrected chi connectivity index (χ1v) is 6.33. The molecule has 0 fully saturated rings. The number of rotatable bonds is 0. The Bertz CT molecular complexity index is 621. The second-order valence-corrected chi connectivity index (χ2v) is 5.50. The van der Waals surface area contributed by atoms with Crippen LogP contribution in [0.25, 0.3) is 16.3 Å². The molecule has 0 saturated heterocycles. The summed E-state index contributed by atoms with van der Waals surface area (Å²) in [6.07, 6.45) is 1.12. The van der Waals surface area contributed by atoms with E-state index in [1.165, 1.54) is 33.0 Å². The van der Waals surface area contributed by atoms with Crippen LogP contribution in [0.15, 0.2) is 40.4 Å². The number of hydrogen-bond donors (Lipinski definition) is 0. The Hall–Kier alpha value is -1.08. The molecule has 0 saturated carbocycles. The third kappa shape index (κ3) is 1.42. The van der Waals surface area contributed by atoms with Crippen molar-refractivity contribution in [3.63, 3.8) is 0 Å². The van der Waals surface area contributed by atoms with Crippen molar-refractivity contribution in [1.29, 1.82) is 0 Å². The number of halogens is 1. The van der Waals surface area contributed by atoms with Crippen LogP contribution in [-0.2, 0) is 6.42 Å². The van der Waals surface area contributed by atoms with E-state index in [4.69, 9.17) is 0 Å². The Morgan fingerprint density at radius 2 is 1.81 bits per heavy atom. The van der Waals surface area contributed by atoms with Gasteiger partial charge in [0.15, 0.2) is 0 Å². The molecule has 1 aliphatic carbocycles. The molecule has 0 atom stereocenters. The van der Waals surface area contributed by atoms with Crippen molar-refractivity contribution in [2.75, 3.05) is 0 Å². The molecule has 0 heterocycles. The SMILES string of the molecule is CC1=C(C)c2cc3cc(Br)ccc3cc2C1. The quantitative estimate of drug-likeness (QED) is 0.637. The Morgan fingerprint density at radius 1 is 1.00 bits per heavy atom. The average Bonchev–Trinajstić information content (AvgIpc) is 2.52. The van der Waals surface area contributed by atoms with Gasteiger partial charge in [-0.15, -0.1) is 0 Å². The number of allylic oxidation sites excluding steroid dienone is 2. The second-order valence-electron chi connectivity index (χ2n) is 4.58. The smallest absolute Gasteiger partial charge is 0.0181 e. The van der Waals surface area contributed by atoms with Crippen molar-refractivity contribution in [2.45, 2.75) is 20.3 Å². The topological polar surface area (TPSA) is 0 Å². The minimum absolute atomic E-state index is 1.12. The molecule has 1 aliphatic rings. The summed E-state index contributed by atoms with van der Waals surface area (Å²) in [5, 5.41) is 2.66. The van der Waals surface area contributed by atoms with E-state index < -0.39 is 0 Å². The van der Waals surface area contributed by atoms with Crippen molar-refractivity contribution in [3.8, 4) is 0 Å². The number of fused-ring (bicyclic) bond motifs is 2. The molecule has 3 rings (SSSR count). The highest BCUT2D eigenvalue weighted by atomic mass is 79.9. The van der Waals surface area contributed by atoms with E-state index in [0.717, 1.165) is 10.9 Å². The molecule has 80 valence electrons. The van der Waals surface area contributed by atoms with E-state index in [0.29, 0.717) is 0 Å². The van der Waals surface area contributed by atoms with E-state index in [9.17, 15) is 0 Å². The lowest BCUT2D eigenvalue weighted by atomic mass is 10.0. The zero-order chi connectivity index (χ0) is 11.3. The maximum absolute atomic E-state index is 3.53. The summed E-state index contributed by atoms with van der Waals surface area (Å²) in [5.74, 6) is 0. The third-order valence-electron chi connectivity index (χ3n) is 3.52. The van der Waals surface area contributed by atoms with Gasteiger partial charge in [0.05, 0.1) is 0 Å². The van der Waals surface area contributed by atoms with Crippen LogP contribution in [-0.4, -0.2) is 0 Å². The maximum Gasteiger partial charge on any atom is 0.0181 e. The monoisotopic (exact) mass is 272 g/mol. The van der Waals surface area contributed by atoms with Crippen LogP contribution in [0.5, 0.6) is 0 Å². The van der Waals surface area contributed by atoms with Crippen LogP contribution >= 0.6 is 15.9 Å². The fraction of sp³-hybridized carbons (Fsp3) is 0.200. The number of benzene rings is 2. The van der Waals surface area contributed by atoms with Gasteiger partial charge in [0.1, 0.15) is 0 Å². The van der Waals surface area contributed by atoms with Crippen LogP contribution in [0.2, 0.25) is 0 Å². The van der Waals surface area contributed by atoms with Crippen LogP contribution in [0, 0.1) is 0 Å². The minimum Gasteiger partial charge on any atom is -0.0654 e. The fourth-order valence-electron chi connectivity index (χ4n) is 2.46. The summed E-state index contributed by atoms with van der Waals surface area (Å²) in [6.45, 7) is 4.46. The van der Waals surface area contributed by atoms with Crippen molar-refractivity contribution in [3.05, 3.63) is 51.5 Å². The Balaban J connectivity index is 2.32. The van der Waals surface area contributed by atoms with E-state index in [1.54, 1.807) is 0 Å². The molecule has 0 spiro atoms. The maximum atomic E-state index is 3.53. The Morgan fingerprint density at radius 3 is 2.62 bits per heavy atom. The largest absolute Gasteiger partial charge is 0.0654 e.